The SMILES string of the molecule is CCOC(=O)/C=C/c1ccc(NC(=O)CSc2nnc(-c3ccco3)n2CC)cc1. The van der Waals surface area contributed by atoms with E-state index in [2.05, 4.69) is 15.5 Å². The van der Waals surface area contributed by atoms with Crippen LogP contribution >= 0.6 is 11.8 Å². The van der Waals surface area contributed by atoms with Crippen molar-refractivity contribution >= 4 is 35.4 Å². The standard InChI is InChI=1S/C21H22N4O4S/c1-3-25-20(17-6-5-13-29-17)23-24-21(25)30-14-18(26)22-16-10-7-15(8-11-16)9-12-19(27)28-4-2/h5-13H,3-4,14H2,1-2H3,(H,22,26)/b12-9+. The smallest absolute Gasteiger partial charge is 0.330 e. The molecule has 0 bridgehead atoms. The number of anilines is 1. The van der Waals surface area contributed by atoms with Gasteiger partial charge in [-0.15, -0.1) is 10.2 Å². The Labute approximate surface area is 178 Å². The fourth-order valence-corrected chi connectivity index (χ4v) is 3.43. The number of furan rings is 1. The molecule has 0 unspecified atom stereocenters. The van der Waals surface area contributed by atoms with Crippen molar-refractivity contribution in [2.45, 2.75) is 25.5 Å². The Balaban J connectivity index is 1.54. The molecule has 0 fully saturated rings. The van der Waals surface area contributed by atoms with Crippen molar-refractivity contribution < 1.29 is 18.7 Å². The predicted octanol–water partition coefficient (Wildman–Crippen LogP) is 3.87. The fourth-order valence-electron chi connectivity index (χ4n) is 2.63. The lowest BCUT2D eigenvalue weighted by atomic mass is 10.2. The largest absolute Gasteiger partial charge is 0.463 e. The van der Waals surface area contributed by atoms with Crippen LogP contribution < -0.4 is 5.32 Å². The number of esters is 1. The maximum atomic E-state index is 12.3. The summed E-state index contributed by atoms with van der Waals surface area (Å²) >= 11 is 1.31. The monoisotopic (exact) mass is 426 g/mol. The number of rotatable bonds is 9. The van der Waals surface area contributed by atoms with E-state index in [9.17, 15) is 9.59 Å². The summed E-state index contributed by atoms with van der Waals surface area (Å²) in [5.74, 6) is 0.928. The number of benzene rings is 1. The van der Waals surface area contributed by atoms with E-state index in [1.54, 1.807) is 37.5 Å². The van der Waals surface area contributed by atoms with Crippen LogP contribution in [0.5, 0.6) is 0 Å². The third-order valence-corrected chi connectivity index (χ3v) is 4.97. The minimum absolute atomic E-state index is 0.153. The van der Waals surface area contributed by atoms with Crippen molar-refractivity contribution in [3.63, 3.8) is 0 Å². The molecule has 2 aromatic heterocycles. The lowest BCUT2D eigenvalue weighted by molar-refractivity contribution is -0.137. The number of nitrogens with one attached hydrogen (secondary N) is 1. The highest BCUT2D eigenvalue weighted by Crippen LogP contribution is 2.24. The third-order valence-electron chi connectivity index (χ3n) is 4.00. The average Bonchev–Trinajstić information content (AvgIpc) is 3.41. The zero-order chi connectivity index (χ0) is 21.3. The highest BCUT2D eigenvalue weighted by Gasteiger charge is 2.16. The van der Waals surface area contributed by atoms with Crippen LogP contribution in [-0.2, 0) is 20.9 Å². The van der Waals surface area contributed by atoms with E-state index in [0.717, 1.165) is 5.56 Å². The first-order valence-corrected chi connectivity index (χ1v) is 10.4. The van der Waals surface area contributed by atoms with Gasteiger partial charge in [0.2, 0.25) is 5.91 Å². The zero-order valence-corrected chi connectivity index (χ0v) is 17.5. The molecular formula is C21H22N4O4S. The Morgan fingerprint density at radius 3 is 2.67 bits per heavy atom. The number of thioether (sulfide) groups is 1. The molecule has 3 rings (SSSR count). The van der Waals surface area contributed by atoms with Crippen molar-refractivity contribution in [3.8, 4) is 11.6 Å². The third kappa shape index (κ3) is 5.60. The van der Waals surface area contributed by atoms with Crippen LogP contribution in [0.3, 0.4) is 0 Å². The Morgan fingerprint density at radius 2 is 2.00 bits per heavy atom. The molecule has 3 aromatic rings. The molecule has 156 valence electrons. The van der Waals surface area contributed by atoms with Gasteiger partial charge in [-0.2, -0.15) is 0 Å². The Bertz CT molecular complexity index is 1010. The first kappa shape index (κ1) is 21.4. The number of ether oxygens (including phenoxy) is 1. The Hall–Kier alpha value is -3.33. The van der Waals surface area contributed by atoms with E-state index >= 15 is 0 Å². The average molecular weight is 426 g/mol. The van der Waals surface area contributed by atoms with Gasteiger partial charge < -0.3 is 14.5 Å². The van der Waals surface area contributed by atoms with E-state index in [-0.39, 0.29) is 17.6 Å². The molecule has 8 nitrogen and oxygen atoms in total. The summed E-state index contributed by atoms with van der Waals surface area (Å²) in [6.45, 7) is 4.74. The number of carbonyl (C=O) groups excluding carboxylic acids is 2. The first-order chi connectivity index (χ1) is 14.6. The summed E-state index contributed by atoms with van der Waals surface area (Å²) in [7, 11) is 0. The lowest BCUT2D eigenvalue weighted by Crippen LogP contribution is -2.14. The summed E-state index contributed by atoms with van der Waals surface area (Å²) in [5, 5.41) is 11.8. The maximum Gasteiger partial charge on any atom is 0.330 e. The molecule has 0 spiro atoms. The number of nitrogens with zero attached hydrogens (tertiary/aromatic N) is 3. The molecule has 1 N–H and O–H groups in total. The summed E-state index contributed by atoms with van der Waals surface area (Å²) in [4.78, 5) is 23.7. The number of hydrogen-bond acceptors (Lipinski definition) is 7. The Kier molecular flexibility index (Phi) is 7.45. The van der Waals surface area contributed by atoms with E-state index < -0.39 is 0 Å². The molecule has 0 saturated carbocycles. The second-order valence-corrected chi connectivity index (χ2v) is 7.01. The maximum absolute atomic E-state index is 12.3. The molecule has 1 aromatic carbocycles. The topological polar surface area (TPSA) is 99.2 Å². The van der Waals surface area contributed by atoms with Crippen LogP contribution in [0.4, 0.5) is 5.69 Å². The highest BCUT2D eigenvalue weighted by molar-refractivity contribution is 7.99. The van der Waals surface area contributed by atoms with Crippen LogP contribution in [0.1, 0.15) is 19.4 Å². The van der Waals surface area contributed by atoms with Gasteiger partial charge in [0.25, 0.3) is 0 Å². The molecule has 0 aliphatic heterocycles. The van der Waals surface area contributed by atoms with E-state index in [4.69, 9.17) is 9.15 Å². The van der Waals surface area contributed by atoms with E-state index in [0.29, 0.717) is 35.6 Å². The molecule has 30 heavy (non-hydrogen) atoms. The van der Waals surface area contributed by atoms with Gasteiger partial charge in [0, 0.05) is 18.3 Å². The predicted molar refractivity (Wildman–Crippen MR) is 115 cm³/mol. The van der Waals surface area contributed by atoms with E-state index in [1.165, 1.54) is 17.8 Å². The molecule has 0 aliphatic rings. The first-order valence-electron chi connectivity index (χ1n) is 9.45. The van der Waals surface area contributed by atoms with Crippen LogP contribution in [0, 0.1) is 0 Å². The van der Waals surface area contributed by atoms with Crippen molar-refractivity contribution in [1.29, 1.82) is 0 Å². The van der Waals surface area contributed by atoms with E-state index in [1.807, 2.05) is 29.7 Å². The van der Waals surface area contributed by atoms with Gasteiger partial charge in [0.05, 0.1) is 18.6 Å². The van der Waals surface area contributed by atoms with Gasteiger partial charge in [-0.25, -0.2) is 4.79 Å². The van der Waals surface area contributed by atoms with Gasteiger partial charge >= 0.3 is 5.97 Å². The molecule has 1 amide bonds. The van der Waals surface area contributed by atoms with Crippen LogP contribution in [0.25, 0.3) is 17.7 Å². The second kappa shape index (κ2) is 10.4. The summed E-state index contributed by atoms with van der Waals surface area (Å²) in [5.41, 5.74) is 1.50. The number of amides is 1. The molecule has 0 saturated heterocycles. The number of hydrogen-bond donors (Lipinski definition) is 1. The zero-order valence-electron chi connectivity index (χ0n) is 16.7. The second-order valence-electron chi connectivity index (χ2n) is 6.07. The summed E-state index contributed by atoms with van der Waals surface area (Å²) in [6.07, 6.45) is 4.62. The number of carbonyl (C=O) groups is 2. The minimum Gasteiger partial charge on any atom is -0.463 e. The van der Waals surface area contributed by atoms with Crippen molar-refractivity contribution in [3.05, 3.63) is 54.3 Å². The molecular weight excluding hydrogens is 404 g/mol. The van der Waals surface area contributed by atoms with Gasteiger partial charge in [-0.1, -0.05) is 23.9 Å². The van der Waals surface area contributed by atoms with Gasteiger partial charge in [0.15, 0.2) is 16.7 Å². The van der Waals surface area contributed by atoms with Crippen LogP contribution in [-0.4, -0.2) is 39.0 Å². The highest BCUT2D eigenvalue weighted by atomic mass is 32.2. The van der Waals surface area contributed by atoms with Gasteiger partial charge in [-0.05, 0) is 49.8 Å². The Morgan fingerprint density at radius 1 is 1.20 bits per heavy atom. The molecule has 2 heterocycles. The lowest BCUT2D eigenvalue weighted by Gasteiger charge is -2.07. The summed E-state index contributed by atoms with van der Waals surface area (Å²) in [6, 6.07) is 10.8. The minimum atomic E-state index is -0.387. The molecule has 0 atom stereocenters. The molecule has 0 aliphatic carbocycles. The molecule has 0 radical (unpaired) electrons. The van der Waals surface area contributed by atoms with Crippen molar-refractivity contribution in [2.24, 2.45) is 0 Å². The van der Waals surface area contributed by atoms with Crippen molar-refractivity contribution in [1.82, 2.24) is 14.8 Å². The quantitative estimate of drug-likeness (QED) is 0.315. The van der Waals surface area contributed by atoms with Gasteiger partial charge in [-0.3, -0.25) is 9.36 Å². The van der Waals surface area contributed by atoms with Gasteiger partial charge in [0.1, 0.15) is 0 Å². The normalized spacial score (nSPS) is 11.0. The van der Waals surface area contributed by atoms with Crippen LogP contribution in [0.15, 0.2) is 58.3 Å². The van der Waals surface area contributed by atoms with Crippen LogP contribution in [0.2, 0.25) is 0 Å². The number of aromatic nitrogens is 3. The summed E-state index contributed by atoms with van der Waals surface area (Å²) < 4.78 is 12.1. The molecule has 9 heteroatoms. The van der Waals surface area contributed by atoms with Crippen molar-refractivity contribution in [2.75, 3.05) is 17.7 Å². The fraction of sp³-hybridized carbons (Fsp3) is 0.238.